The van der Waals surface area contributed by atoms with Crippen LogP contribution in [0.15, 0.2) is 18.2 Å². The molecular weight excluding hydrogens is 323 g/mol. The first kappa shape index (κ1) is 17.6. The molecule has 0 N–H and O–H groups in total. The van der Waals surface area contributed by atoms with Crippen molar-refractivity contribution in [3.63, 3.8) is 0 Å². The van der Waals surface area contributed by atoms with Gasteiger partial charge in [0.15, 0.2) is 0 Å². The zero-order chi connectivity index (χ0) is 17.0. The monoisotopic (exact) mass is 342 g/mol. The number of rotatable bonds is 7. The Morgan fingerprint density at radius 3 is 2.57 bits per heavy atom. The number of nitro benzene ring substituents is 1. The Morgan fingerprint density at radius 2 is 2.00 bits per heavy atom. The van der Waals surface area contributed by atoms with Gasteiger partial charge in [-0.3, -0.25) is 19.5 Å². The van der Waals surface area contributed by atoms with E-state index in [2.05, 4.69) is 0 Å². The van der Waals surface area contributed by atoms with Gasteiger partial charge < -0.3 is 13.9 Å². The first-order valence-electron chi connectivity index (χ1n) is 7.36. The van der Waals surface area contributed by atoms with E-state index in [1.165, 1.54) is 17.0 Å². The molecule has 1 aliphatic heterocycles. The van der Waals surface area contributed by atoms with Crippen LogP contribution in [0.1, 0.15) is 19.4 Å². The van der Waals surface area contributed by atoms with Gasteiger partial charge in [0, 0.05) is 24.4 Å². The van der Waals surface area contributed by atoms with E-state index in [9.17, 15) is 19.5 Å². The van der Waals surface area contributed by atoms with E-state index < -0.39 is 12.5 Å². The number of anilines is 1. The van der Waals surface area contributed by atoms with Crippen LogP contribution in [0, 0.1) is 10.1 Å². The average molecular weight is 342 g/mol. The van der Waals surface area contributed by atoms with Crippen molar-refractivity contribution in [3.8, 4) is 0 Å². The van der Waals surface area contributed by atoms with Crippen molar-refractivity contribution < 1.29 is 23.3 Å². The largest absolute Gasteiger partial charge is 0.340 e. The Kier molecular flexibility index (Phi) is 5.51. The molecule has 2 rings (SSSR count). The van der Waals surface area contributed by atoms with Crippen LogP contribution in [0.2, 0.25) is 0 Å². The summed E-state index contributed by atoms with van der Waals surface area (Å²) in [5, 5.41) is 10.8. The van der Waals surface area contributed by atoms with Gasteiger partial charge in [0.05, 0.1) is 18.1 Å². The maximum Gasteiger partial charge on any atom is 0.340 e. The first-order chi connectivity index (χ1) is 10.9. The Labute approximate surface area is 134 Å². The standard InChI is InChI=1S/C14H19N2O6P/c1-3-21-23(20,22-4-2)10-14(17)15-8-7-11-9-12(16(18)19)5-6-13(11)15/h5-6,9H,3-4,7-8,10H2,1-2H3. The molecule has 0 fully saturated rings. The van der Waals surface area contributed by atoms with Crippen LogP contribution in [-0.4, -0.2) is 36.8 Å². The molecule has 0 unspecified atom stereocenters. The van der Waals surface area contributed by atoms with Crippen molar-refractivity contribution in [3.05, 3.63) is 33.9 Å². The third-order valence-electron chi connectivity index (χ3n) is 3.45. The van der Waals surface area contributed by atoms with Gasteiger partial charge in [-0.2, -0.15) is 0 Å². The van der Waals surface area contributed by atoms with Crippen LogP contribution in [0.5, 0.6) is 0 Å². The molecular formula is C14H19N2O6P. The van der Waals surface area contributed by atoms with Gasteiger partial charge in [0.2, 0.25) is 5.91 Å². The quantitative estimate of drug-likeness (QED) is 0.429. The summed E-state index contributed by atoms with van der Waals surface area (Å²) in [5.74, 6) is -0.372. The molecule has 8 nitrogen and oxygen atoms in total. The molecule has 0 aliphatic carbocycles. The zero-order valence-electron chi connectivity index (χ0n) is 13.1. The predicted molar refractivity (Wildman–Crippen MR) is 84.9 cm³/mol. The maximum absolute atomic E-state index is 12.5. The summed E-state index contributed by atoms with van der Waals surface area (Å²) in [6, 6.07) is 4.37. The third kappa shape index (κ3) is 3.96. The van der Waals surface area contributed by atoms with E-state index in [1.54, 1.807) is 19.9 Å². The smallest absolute Gasteiger partial charge is 0.311 e. The molecule has 126 valence electrons. The summed E-state index contributed by atoms with van der Waals surface area (Å²) in [6.45, 7) is 4.13. The van der Waals surface area contributed by atoms with Crippen LogP contribution < -0.4 is 4.90 Å². The number of carbonyl (C=O) groups is 1. The van der Waals surface area contributed by atoms with Gasteiger partial charge in [-0.1, -0.05) is 0 Å². The van der Waals surface area contributed by atoms with Gasteiger partial charge in [0.25, 0.3) is 5.69 Å². The highest BCUT2D eigenvalue weighted by Crippen LogP contribution is 2.48. The van der Waals surface area contributed by atoms with Gasteiger partial charge in [-0.15, -0.1) is 0 Å². The van der Waals surface area contributed by atoms with E-state index in [0.29, 0.717) is 18.7 Å². The predicted octanol–water partition coefficient (Wildman–Crippen LogP) is 2.75. The minimum Gasteiger partial charge on any atom is -0.311 e. The van der Waals surface area contributed by atoms with E-state index >= 15 is 0 Å². The van der Waals surface area contributed by atoms with Crippen molar-refractivity contribution in [1.29, 1.82) is 0 Å². The lowest BCUT2D eigenvalue weighted by atomic mass is 10.1. The first-order valence-corrected chi connectivity index (χ1v) is 9.08. The van der Waals surface area contributed by atoms with Gasteiger partial charge in [-0.25, -0.2) is 0 Å². The second kappa shape index (κ2) is 7.21. The van der Waals surface area contributed by atoms with Gasteiger partial charge in [0.1, 0.15) is 6.16 Å². The molecule has 1 aromatic rings. The summed E-state index contributed by atoms with van der Waals surface area (Å²) in [6.07, 6.45) is 0.182. The molecule has 0 bridgehead atoms. The van der Waals surface area contributed by atoms with Crippen molar-refractivity contribution in [2.75, 3.05) is 30.8 Å². The molecule has 0 atom stereocenters. The molecule has 0 radical (unpaired) electrons. The fraction of sp³-hybridized carbons (Fsp3) is 0.500. The van der Waals surface area contributed by atoms with Crippen molar-refractivity contribution in [1.82, 2.24) is 0 Å². The fourth-order valence-corrected chi connectivity index (χ4v) is 4.08. The van der Waals surface area contributed by atoms with Gasteiger partial charge >= 0.3 is 7.60 Å². The van der Waals surface area contributed by atoms with Crippen molar-refractivity contribution in [2.45, 2.75) is 20.3 Å². The zero-order valence-corrected chi connectivity index (χ0v) is 14.0. The Balaban J connectivity index is 2.17. The highest BCUT2D eigenvalue weighted by Gasteiger charge is 2.33. The molecule has 0 saturated heterocycles. The van der Waals surface area contributed by atoms with E-state index in [-0.39, 0.29) is 31.0 Å². The third-order valence-corrected chi connectivity index (χ3v) is 5.41. The lowest BCUT2D eigenvalue weighted by molar-refractivity contribution is -0.384. The molecule has 1 amide bonds. The van der Waals surface area contributed by atoms with Crippen LogP contribution in [-0.2, 0) is 24.8 Å². The summed E-state index contributed by atoms with van der Waals surface area (Å²) in [7, 11) is -3.46. The Hall–Kier alpha value is -1.76. The molecule has 1 heterocycles. The minimum atomic E-state index is -3.46. The Morgan fingerprint density at radius 1 is 1.35 bits per heavy atom. The number of nitrogens with zero attached hydrogens (tertiary/aromatic N) is 2. The topological polar surface area (TPSA) is 99.0 Å². The lowest BCUT2D eigenvalue weighted by Crippen LogP contribution is -2.32. The minimum absolute atomic E-state index is 0.00708. The number of amides is 1. The van der Waals surface area contributed by atoms with Crippen LogP contribution >= 0.6 is 7.60 Å². The number of non-ortho nitro benzene ring substituents is 1. The van der Waals surface area contributed by atoms with Crippen molar-refractivity contribution >= 4 is 24.9 Å². The van der Waals surface area contributed by atoms with Gasteiger partial charge in [-0.05, 0) is 31.9 Å². The molecule has 1 aromatic carbocycles. The number of hydrogen-bond donors (Lipinski definition) is 0. The van der Waals surface area contributed by atoms with Crippen LogP contribution in [0.25, 0.3) is 0 Å². The molecule has 0 saturated carbocycles. The summed E-state index contributed by atoms with van der Waals surface area (Å²) in [4.78, 5) is 24.3. The summed E-state index contributed by atoms with van der Waals surface area (Å²) in [5.41, 5.74) is 1.34. The second-order valence-electron chi connectivity index (χ2n) is 4.97. The molecule has 9 heteroatoms. The maximum atomic E-state index is 12.5. The van der Waals surface area contributed by atoms with E-state index in [4.69, 9.17) is 9.05 Å². The van der Waals surface area contributed by atoms with E-state index in [0.717, 1.165) is 5.56 Å². The van der Waals surface area contributed by atoms with E-state index in [1.807, 2.05) is 0 Å². The second-order valence-corrected chi connectivity index (χ2v) is 7.02. The summed E-state index contributed by atoms with van der Waals surface area (Å²) < 4.78 is 22.7. The number of carbonyl (C=O) groups excluding carboxylic acids is 1. The molecule has 0 spiro atoms. The summed E-state index contributed by atoms with van der Waals surface area (Å²) >= 11 is 0. The lowest BCUT2D eigenvalue weighted by Gasteiger charge is -2.21. The van der Waals surface area contributed by atoms with Crippen LogP contribution in [0.3, 0.4) is 0 Å². The highest BCUT2D eigenvalue weighted by molar-refractivity contribution is 7.54. The SMILES string of the molecule is CCOP(=O)(CC(=O)N1CCc2cc([N+](=O)[O-])ccc21)OCC. The highest BCUT2D eigenvalue weighted by atomic mass is 31.2. The molecule has 1 aliphatic rings. The molecule has 23 heavy (non-hydrogen) atoms. The molecule has 0 aromatic heterocycles. The average Bonchev–Trinajstić information content (AvgIpc) is 2.90. The fourth-order valence-electron chi connectivity index (χ4n) is 2.53. The van der Waals surface area contributed by atoms with Crippen molar-refractivity contribution in [2.24, 2.45) is 0 Å². The Bertz CT molecular complexity index is 653. The normalized spacial score (nSPS) is 13.9. The number of fused-ring (bicyclic) bond motifs is 1. The number of benzene rings is 1. The number of hydrogen-bond acceptors (Lipinski definition) is 6. The van der Waals surface area contributed by atoms with Crippen LogP contribution in [0.4, 0.5) is 11.4 Å². The number of nitro groups is 1.